The van der Waals surface area contributed by atoms with Crippen LogP contribution in [-0.4, -0.2) is 36.5 Å². The van der Waals surface area contributed by atoms with Crippen LogP contribution in [-0.2, 0) is 10.8 Å². The van der Waals surface area contributed by atoms with Crippen molar-refractivity contribution in [2.24, 2.45) is 0 Å². The number of para-hydroxylation sites is 14. The summed E-state index contributed by atoms with van der Waals surface area (Å²) in [6.45, 7) is 11.0. The molecule has 8 heterocycles. The minimum absolute atomic E-state index is 0.0399. The summed E-state index contributed by atoms with van der Waals surface area (Å²) in [6.07, 6.45) is 0. The molecule has 0 amide bonds. The SMILES string of the molecule is [2H]c1c([2H])c(-c2c([2H])c([2H])c([2H])c(-n3c4c([2H])c([2H])c([2H])c([2H])c4c4c([2H])c([2H])c([2H])c([2H])c43)c2[2H])c([2H])c(-n2c3c([2H])c([2H])c([2H])c([2H])c3c3c([2H])c([2H])c([2H])c([2H])c32)c1[2H].[2H]c1c([2H])c([2H])c2c(c1[2H])c1c([2H])c(C(C)(C)C)c([2H])c([2H])c1n2-c1cccc(-c2cccc(-n3c4c([2H])c([2H])c([2H])c([2H])c4c4c([2H])c(C(C)(C)C)c([2H])c([2H])c43)c2)c1.[2H]c1c([2H])c([2H])c2c(c1[2H])c1c([2H])c([2H])c([2H])c([2H])c1n2-c1cccc(-n2c3ccccc3c3ccccc32)c1.[2H]c1cc2c(c([2H])c1[2H])c1c([2H])c([2H])c([2H])cc1n2-c1cccc(-n2c3cc([2H])c([2H])c([2H])c3c3c([2H])c([2H])c([2H])c([2H])c32)c1. The first kappa shape index (κ1) is 46.3. The Morgan fingerprint density at radius 2 is 0.358 bits per heavy atom. The van der Waals surface area contributed by atoms with E-state index in [1.54, 1.807) is 71.3 Å². The third kappa shape index (κ3) is 14.9. The Hall–Kier alpha value is -18.8. The van der Waals surface area contributed by atoms with Crippen LogP contribution in [0.3, 0.4) is 0 Å². The third-order valence-corrected chi connectivity index (χ3v) is 25.9. The summed E-state index contributed by atoms with van der Waals surface area (Å²) in [5.41, 5.74) is 1.03. The summed E-state index contributed by atoms with van der Waals surface area (Å²) in [4.78, 5) is 0. The summed E-state index contributed by atoms with van der Waals surface area (Å²) in [5, 5.41) is 1.46. The van der Waals surface area contributed by atoms with Gasteiger partial charge in [0.2, 0.25) is 0 Å². The van der Waals surface area contributed by atoms with E-state index in [2.05, 4.69) is 16.7 Å². The Bertz CT molecular complexity index is 13600. The van der Waals surface area contributed by atoms with Crippen molar-refractivity contribution < 1.29 is 80.9 Å². The van der Waals surface area contributed by atoms with E-state index >= 15 is 0 Å². The predicted molar refractivity (Wildman–Crippen MR) is 629 cm³/mol. The number of aromatic nitrogens is 8. The molecule has 0 aliphatic rings. The van der Waals surface area contributed by atoms with Gasteiger partial charge in [-0.2, -0.15) is 0 Å². The molecule has 0 atom stereocenters. The fourth-order valence-electron chi connectivity index (χ4n) is 19.4. The van der Waals surface area contributed by atoms with E-state index in [-0.39, 0.29) is 260 Å². The average Bonchev–Trinajstić information content (AvgIpc) is 1.56. The standard InChI is InChI=1S/C44H40N2.C36H24N2.2C30H20N2/c1-43(2,3)31-21-23-41-37(27-31)35-17-7-9-19-39(35)45(41)33-15-11-13-29(25-33)30-14-12-16-34(26-30)46-40-20-10-8-18-36(40)38-28-32(44(4,5)6)22-24-42(38)46;1-5-19-33-29(15-1)30-16-2-6-20-34(30)37(33)27-13-9-11-25(23-27)26-12-10-14-28(24-26)38-35-21-7-3-17-31(35)32-18-4-8-22-36(32)38;2*1-5-16-27-23(12-1)24-13-2-6-17-28(24)31(27)21-10-9-11-22(20-21)32-29-18-7-3-14-25(29)26-15-4-8-19-30(26)32/h7-28H,1-6H3;1-24H;2*1-20H/i7D,8D,9D,10D,17D,18D,19D,20D,21D,22D,23D,24D,27D,28D;1D,2D,3D,4D,5D,6D,7D,8D,9D,10D,11D,12D,13D,14D,15D,16D,17D,18D,19D,20D,21D,22D,23D,24D;1D,2D,3D,4D,5D,6D,7D,8D,12D,13D,14D,15D,16D;1D,2D,5D,6D,12D,13D,16D,17D. The fourth-order valence-corrected chi connectivity index (χ4v) is 19.4. The van der Waals surface area contributed by atoms with Gasteiger partial charge in [0.1, 0.15) is 0 Å². The van der Waals surface area contributed by atoms with Crippen molar-refractivity contribution >= 4 is 174 Å². The van der Waals surface area contributed by atoms with Gasteiger partial charge in [0.15, 0.2) is 0 Å². The Labute approximate surface area is 940 Å². The first-order chi connectivity index (χ1) is 97.3. The molecule has 0 radical (unpaired) electrons. The van der Waals surface area contributed by atoms with Crippen molar-refractivity contribution in [3.05, 3.63) is 531 Å². The van der Waals surface area contributed by atoms with E-state index < -0.39 is 282 Å². The first-order valence-electron chi connectivity index (χ1n) is 76.0. The van der Waals surface area contributed by atoms with Crippen LogP contribution in [0.4, 0.5) is 0 Å². The molecule has 0 aliphatic carbocycles. The van der Waals surface area contributed by atoms with Gasteiger partial charge in [0.05, 0.1) is 169 Å². The number of fused-ring (bicyclic) bond motifs is 24. The van der Waals surface area contributed by atoms with Crippen molar-refractivity contribution in [2.75, 3.05) is 0 Å². The number of rotatable bonds is 10. The van der Waals surface area contributed by atoms with Crippen LogP contribution in [0.25, 0.3) is 242 Å². The van der Waals surface area contributed by atoms with Gasteiger partial charge in [0.25, 0.3) is 0 Å². The molecule has 0 unspecified atom stereocenters. The number of nitrogens with zero attached hydrogens (tertiary/aromatic N) is 8. The zero-order valence-electron chi connectivity index (χ0n) is 138. The number of benzene rings is 22. The topological polar surface area (TPSA) is 39.4 Å². The van der Waals surface area contributed by atoms with Crippen LogP contribution in [0.5, 0.6) is 0 Å². The fraction of sp³-hybridized carbons (Fsp3) is 0.0571. The van der Waals surface area contributed by atoms with Gasteiger partial charge in [-0.1, -0.05) is 368 Å². The highest BCUT2D eigenvalue weighted by atomic mass is 15.0. The summed E-state index contributed by atoms with van der Waals surface area (Å²) >= 11 is 0. The molecule has 704 valence electrons. The van der Waals surface area contributed by atoms with E-state index in [0.29, 0.717) is 50.6 Å². The molecule has 8 nitrogen and oxygen atoms in total. The number of hydrogen-bond donors (Lipinski definition) is 0. The average molecular weight is 1960 g/mol. The molecule has 8 aromatic heterocycles. The van der Waals surface area contributed by atoms with Crippen LogP contribution in [0, 0.1) is 0 Å². The smallest absolute Gasteiger partial charge is 0.0651 e. The van der Waals surface area contributed by atoms with Crippen LogP contribution < -0.4 is 0 Å². The maximum absolute atomic E-state index is 9.57. The van der Waals surface area contributed by atoms with Gasteiger partial charge in [-0.05, 0) is 238 Å². The second-order valence-electron chi connectivity index (χ2n) is 36.7. The largest absolute Gasteiger partial charge is 0.309 e. The van der Waals surface area contributed by atoms with Crippen molar-refractivity contribution in [3.63, 3.8) is 0 Å². The van der Waals surface area contributed by atoms with Crippen molar-refractivity contribution in [2.45, 2.75) is 52.4 Å². The molecule has 30 rings (SSSR count). The second-order valence-corrected chi connectivity index (χ2v) is 36.7. The van der Waals surface area contributed by atoms with Crippen LogP contribution in [0.1, 0.15) is 134 Å². The van der Waals surface area contributed by atoms with Crippen molar-refractivity contribution in [1.29, 1.82) is 0 Å². The highest BCUT2D eigenvalue weighted by Gasteiger charge is 2.26. The molecule has 30 aromatic rings. The molecule has 148 heavy (non-hydrogen) atoms. The molecule has 0 saturated carbocycles. The predicted octanol–water partition coefficient (Wildman–Crippen LogP) is 37.5. The lowest BCUT2D eigenvalue weighted by Crippen LogP contribution is -2.10. The maximum Gasteiger partial charge on any atom is 0.0651 e. The Balaban J connectivity index is 0.000000127. The molecule has 0 saturated heterocycles. The lowest BCUT2D eigenvalue weighted by Gasteiger charge is -2.19. The van der Waals surface area contributed by atoms with E-state index in [1.807, 2.05) is 108 Å². The summed E-state index contributed by atoms with van der Waals surface area (Å²) < 4.78 is 525. The molecule has 0 aliphatic heterocycles. The first-order valence-corrected chi connectivity index (χ1v) is 46.5. The Kier molecular flexibility index (Phi) is 11.2. The summed E-state index contributed by atoms with van der Waals surface area (Å²) in [7, 11) is 0. The van der Waals surface area contributed by atoms with Crippen LogP contribution >= 0.6 is 0 Å². The van der Waals surface area contributed by atoms with Gasteiger partial charge < -0.3 is 36.5 Å². The van der Waals surface area contributed by atoms with E-state index in [4.69, 9.17) is 72.7 Å². The number of hydrogen-bond acceptors (Lipinski definition) is 0. The molecule has 0 fully saturated rings. The third-order valence-electron chi connectivity index (χ3n) is 25.9. The lowest BCUT2D eigenvalue weighted by atomic mass is 9.86. The Morgan fingerprint density at radius 3 is 0.649 bits per heavy atom. The highest BCUT2D eigenvalue weighted by molar-refractivity contribution is 6.17. The minimum Gasteiger partial charge on any atom is -0.309 e. The molecular weight excluding hydrogens is 1790 g/mol. The normalized spacial score (nSPS) is 17.6. The second kappa shape index (κ2) is 35.7. The maximum atomic E-state index is 9.57. The van der Waals surface area contributed by atoms with Crippen LogP contribution in [0.2, 0.25) is 0 Å². The monoisotopic (exact) mass is 1960 g/mol. The zero-order chi connectivity index (χ0) is 150. The zero-order valence-corrected chi connectivity index (χ0v) is 78.7. The lowest BCUT2D eigenvalue weighted by molar-refractivity contribution is 0.591. The van der Waals surface area contributed by atoms with E-state index in [0.717, 1.165) is 36.6 Å². The van der Waals surface area contributed by atoms with Crippen molar-refractivity contribution in [1.82, 2.24) is 36.5 Å². The molecular formula is C140H104N8. The van der Waals surface area contributed by atoms with Gasteiger partial charge in [0, 0.05) is 132 Å². The Morgan fingerprint density at radius 1 is 0.142 bits per heavy atom. The molecule has 0 bridgehead atoms. The van der Waals surface area contributed by atoms with E-state index in [9.17, 15) is 8.22 Å². The quantitative estimate of drug-likeness (QED) is 0.131. The molecule has 0 spiro atoms. The molecule has 22 aromatic carbocycles. The molecule has 8 heteroatoms. The van der Waals surface area contributed by atoms with Gasteiger partial charge in [-0.15, -0.1) is 0 Å². The summed E-state index contributed by atoms with van der Waals surface area (Å²) in [5.74, 6) is 0. The van der Waals surface area contributed by atoms with Gasteiger partial charge in [-0.25, -0.2) is 0 Å². The van der Waals surface area contributed by atoms with E-state index in [1.165, 1.54) is 36.5 Å². The van der Waals surface area contributed by atoms with Gasteiger partial charge in [-0.3, -0.25) is 0 Å². The van der Waals surface area contributed by atoms with Crippen molar-refractivity contribution in [3.8, 4) is 67.8 Å². The minimum atomic E-state index is -1.02. The van der Waals surface area contributed by atoms with Gasteiger partial charge >= 0.3 is 0 Å². The highest BCUT2D eigenvalue weighted by Crippen LogP contribution is 2.45. The van der Waals surface area contributed by atoms with Crippen LogP contribution in [0.15, 0.2) is 520 Å². The molecule has 0 N–H and O–H groups in total. The summed E-state index contributed by atoms with van der Waals surface area (Å²) in [6, 6.07) is 15.6.